The van der Waals surface area contributed by atoms with E-state index in [2.05, 4.69) is 367 Å². The second kappa shape index (κ2) is 22.3. The minimum absolute atomic E-state index is 0.00250. The molecule has 0 fully saturated rings. The van der Waals surface area contributed by atoms with Crippen LogP contribution in [-0.2, 0) is 49.7 Å². The molecule has 0 spiro atoms. The van der Waals surface area contributed by atoms with Crippen LogP contribution in [0.5, 0.6) is 0 Å². The Hall–Kier alpha value is -8.40. The van der Waals surface area contributed by atoms with E-state index in [1.54, 1.807) is 0 Å². The lowest BCUT2D eigenvalue weighted by molar-refractivity contribution is 0.511. The van der Waals surface area contributed by atoms with Crippen molar-refractivity contribution in [2.45, 2.75) is 209 Å². The van der Waals surface area contributed by atoms with Crippen LogP contribution < -0.4 is 0 Å². The minimum atomic E-state index is -0.248. The smallest absolute Gasteiger partial charge is 0.0547 e. The fourth-order valence-electron chi connectivity index (χ4n) is 15.7. The van der Waals surface area contributed by atoms with Crippen molar-refractivity contribution < 1.29 is 0 Å². The Morgan fingerprint density at radius 1 is 0.242 bits per heavy atom. The molecule has 3 heterocycles. The van der Waals surface area contributed by atoms with E-state index < -0.39 is 0 Å². The molecule has 0 radical (unpaired) electrons. The number of nitrogens with zero attached hydrogens (tertiary/aromatic N) is 3. The molecule has 3 aromatic heterocycles. The number of fused-ring (bicyclic) bond motifs is 9. The molecular formula is C92H103N3. The van der Waals surface area contributed by atoms with E-state index in [9.17, 15) is 0 Å². The largest absolute Gasteiger partial charge is 0.309 e. The Balaban J connectivity index is 1.05. The summed E-state index contributed by atoms with van der Waals surface area (Å²) in [6, 6.07) is 75.9. The van der Waals surface area contributed by atoms with Crippen LogP contribution in [0, 0.1) is 0 Å². The molecule has 0 aliphatic rings. The van der Waals surface area contributed by atoms with E-state index >= 15 is 0 Å². The summed E-state index contributed by atoms with van der Waals surface area (Å²) in [6.45, 7) is 54.9. The van der Waals surface area contributed by atoms with E-state index in [0.717, 1.165) is 6.42 Å². The monoisotopic (exact) mass is 1250 g/mol. The van der Waals surface area contributed by atoms with E-state index in [1.165, 1.54) is 155 Å². The van der Waals surface area contributed by atoms with Crippen molar-refractivity contribution >= 4 is 65.4 Å². The normalized spacial score (nSPS) is 13.5. The molecule has 95 heavy (non-hydrogen) atoms. The molecule has 0 aliphatic carbocycles. The average Bonchev–Trinajstić information content (AvgIpc) is 1.65. The predicted molar refractivity (Wildman–Crippen MR) is 414 cm³/mol. The van der Waals surface area contributed by atoms with E-state index in [0.29, 0.717) is 0 Å². The van der Waals surface area contributed by atoms with Gasteiger partial charge in [0.05, 0.1) is 44.5 Å². The third kappa shape index (κ3) is 11.5. The van der Waals surface area contributed by atoms with Crippen LogP contribution in [0.3, 0.4) is 0 Å². The Morgan fingerprint density at radius 2 is 0.674 bits per heavy atom. The van der Waals surface area contributed by atoms with Gasteiger partial charge in [-0.1, -0.05) is 281 Å². The summed E-state index contributed by atoms with van der Waals surface area (Å²) >= 11 is 0. The Kier molecular flexibility index (Phi) is 15.3. The van der Waals surface area contributed by atoms with Gasteiger partial charge in [0, 0.05) is 38.0 Å². The van der Waals surface area contributed by atoms with Gasteiger partial charge in [0.1, 0.15) is 0 Å². The molecule has 13 rings (SSSR count). The summed E-state index contributed by atoms with van der Waals surface area (Å²) < 4.78 is 7.77. The van der Waals surface area contributed by atoms with Crippen molar-refractivity contribution in [3.8, 4) is 39.3 Å². The highest BCUT2D eigenvalue weighted by molar-refractivity contribution is 6.12. The topological polar surface area (TPSA) is 14.8 Å². The lowest BCUT2D eigenvalue weighted by Crippen LogP contribution is -2.26. The number of para-hydroxylation sites is 4. The molecule has 10 aromatic carbocycles. The first-order chi connectivity index (χ1) is 44.3. The maximum Gasteiger partial charge on any atom is 0.0547 e. The molecule has 0 saturated heterocycles. The van der Waals surface area contributed by atoms with Gasteiger partial charge in [-0.2, -0.15) is 0 Å². The number of hydrogen-bond donors (Lipinski definition) is 0. The number of aromatic nitrogens is 3. The molecule has 0 bridgehead atoms. The molecule has 3 heteroatoms. The van der Waals surface area contributed by atoms with Gasteiger partial charge < -0.3 is 13.7 Å². The average molecular weight is 1250 g/mol. The molecule has 13 aromatic rings. The summed E-state index contributed by atoms with van der Waals surface area (Å²) in [7, 11) is 0. The highest BCUT2D eigenvalue weighted by atomic mass is 15.0. The molecule has 0 unspecified atom stereocenters. The van der Waals surface area contributed by atoms with E-state index in [1.807, 2.05) is 0 Å². The second-order valence-corrected chi connectivity index (χ2v) is 35.8. The lowest BCUT2D eigenvalue weighted by atomic mass is 9.72. The van der Waals surface area contributed by atoms with Crippen LogP contribution in [-0.4, -0.2) is 13.7 Å². The highest BCUT2D eigenvalue weighted by Crippen LogP contribution is 2.49. The minimum Gasteiger partial charge on any atom is -0.309 e. The fourth-order valence-corrected chi connectivity index (χ4v) is 15.7. The van der Waals surface area contributed by atoms with Gasteiger partial charge in [0.2, 0.25) is 0 Å². The predicted octanol–water partition coefficient (Wildman–Crippen LogP) is 25.9. The standard InChI is InChI=1S/C92H103N3/c1-85(2,3)61-41-44-77-70(54-61)71-55-62(42-45-78(71)93(77)79-39-31-27-35-72(79)88(10,11)12)92(22,23)56-57-46-73(89(13,14)15)84(91(19,20)21)81(47-57)95-76-38-30-26-34-67(76)68-43-40-58(51-80(68)95)59-50-69(60-48-63(86(4,5)6)53-64(49-60)87(7,8)9)83(90(16,17)18)82(52-59)94-74-36-28-24-32-65(74)66-33-25-29-37-75(66)94/h24-55H,56H2,1-23H3. The maximum atomic E-state index is 2.66. The van der Waals surface area contributed by atoms with Crippen LogP contribution in [0.2, 0.25) is 0 Å². The summed E-state index contributed by atoms with van der Waals surface area (Å²) in [4.78, 5) is 0. The van der Waals surface area contributed by atoms with Crippen molar-refractivity contribution in [1.29, 1.82) is 0 Å². The summed E-state index contributed by atoms with van der Waals surface area (Å²) in [6.07, 6.45) is 0.849. The number of rotatable bonds is 8. The third-order valence-electron chi connectivity index (χ3n) is 20.7. The van der Waals surface area contributed by atoms with Gasteiger partial charge in [-0.25, -0.2) is 0 Å². The summed E-state index contributed by atoms with van der Waals surface area (Å²) in [5, 5.41) is 7.64. The molecule has 0 saturated carbocycles. The van der Waals surface area contributed by atoms with Gasteiger partial charge >= 0.3 is 0 Å². The first-order valence-electron chi connectivity index (χ1n) is 35.0. The zero-order chi connectivity index (χ0) is 68.2. The summed E-state index contributed by atoms with van der Waals surface area (Å²) in [5.41, 5.74) is 27.1. The van der Waals surface area contributed by atoms with Gasteiger partial charge in [-0.3, -0.25) is 0 Å². The van der Waals surface area contributed by atoms with Gasteiger partial charge in [-0.05, 0) is 195 Å². The molecule has 0 amide bonds. The molecule has 0 atom stereocenters. The Bertz CT molecular complexity index is 5110. The first kappa shape index (κ1) is 65.3. The van der Waals surface area contributed by atoms with E-state index in [-0.39, 0.29) is 43.3 Å². The molecule has 486 valence electrons. The molecule has 0 aliphatic heterocycles. The van der Waals surface area contributed by atoms with Crippen molar-refractivity contribution in [3.63, 3.8) is 0 Å². The van der Waals surface area contributed by atoms with Crippen LogP contribution in [0.25, 0.3) is 105 Å². The lowest BCUT2D eigenvalue weighted by Gasteiger charge is -2.35. The second-order valence-electron chi connectivity index (χ2n) is 35.8. The first-order valence-corrected chi connectivity index (χ1v) is 35.0. The van der Waals surface area contributed by atoms with Crippen molar-refractivity contribution in [3.05, 3.63) is 244 Å². The van der Waals surface area contributed by atoms with Crippen molar-refractivity contribution in [1.82, 2.24) is 13.7 Å². The SMILES string of the molecule is CC(C)(C)c1cc(-c2cc(-c3ccc4c5ccccc5n(-c5cc(CC(C)(C)c6ccc7c(c6)c6cc(C(C)(C)C)ccc6n7-c6ccccc6C(C)(C)C)cc(C(C)(C)C)c5C(C)(C)C)c4c3)cc(-n3c4ccccc4c4ccccc43)c2C(C)(C)C)cc(C(C)(C)C)c1. The highest BCUT2D eigenvalue weighted by Gasteiger charge is 2.35. The number of hydrogen-bond acceptors (Lipinski definition) is 0. The van der Waals surface area contributed by atoms with Crippen molar-refractivity contribution in [2.24, 2.45) is 0 Å². The molecular weight excluding hydrogens is 1150 g/mol. The van der Waals surface area contributed by atoms with Crippen LogP contribution in [0.4, 0.5) is 0 Å². The zero-order valence-corrected chi connectivity index (χ0v) is 61.5. The Labute approximate surface area is 568 Å². The molecule has 0 N–H and O–H groups in total. The van der Waals surface area contributed by atoms with Crippen LogP contribution >= 0.6 is 0 Å². The van der Waals surface area contributed by atoms with Crippen LogP contribution in [0.15, 0.2) is 194 Å². The fraction of sp³-hybridized carbons (Fsp3) is 0.348. The van der Waals surface area contributed by atoms with E-state index in [4.69, 9.17) is 0 Å². The number of benzene rings is 10. The van der Waals surface area contributed by atoms with Gasteiger partial charge in [-0.15, -0.1) is 0 Å². The van der Waals surface area contributed by atoms with Crippen LogP contribution in [0.1, 0.15) is 209 Å². The summed E-state index contributed by atoms with van der Waals surface area (Å²) in [5.74, 6) is 0. The zero-order valence-electron chi connectivity index (χ0n) is 61.5. The molecule has 3 nitrogen and oxygen atoms in total. The quantitative estimate of drug-likeness (QED) is 0.144. The third-order valence-corrected chi connectivity index (χ3v) is 20.7. The van der Waals surface area contributed by atoms with Gasteiger partial charge in [0.25, 0.3) is 0 Å². The maximum absolute atomic E-state index is 2.66. The van der Waals surface area contributed by atoms with Gasteiger partial charge in [0.15, 0.2) is 0 Å². The Morgan fingerprint density at radius 3 is 1.18 bits per heavy atom. The van der Waals surface area contributed by atoms with Crippen molar-refractivity contribution in [2.75, 3.05) is 0 Å².